The molecule has 0 radical (unpaired) electrons. The molecule has 0 unspecified atom stereocenters. The zero-order valence-electron chi connectivity index (χ0n) is 18.5. The molecule has 162 valence electrons. The van der Waals surface area contributed by atoms with Crippen molar-refractivity contribution in [1.82, 2.24) is 14.8 Å². The minimum absolute atomic E-state index is 0.0288. The number of Topliss-reactive ketones (excluding diaryl/α,β-unsaturated/α-hetero) is 1. The molecule has 2 aromatic heterocycles. The first-order chi connectivity index (χ1) is 15.2. The second-order valence-corrected chi connectivity index (χ2v) is 9.85. The number of H-pyrrole nitrogens is 1. The Kier molecular flexibility index (Phi) is 5.80. The fraction of sp³-hybridized carbons (Fsp3) is 0.192. The summed E-state index contributed by atoms with van der Waals surface area (Å²) >= 11 is 1.27. The lowest BCUT2D eigenvalue weighted by molar-refractivity contribution is -0.119. The van der Waals surface area contributed by atoms with Crippen molar-refractivity contribution in [3.8, 4) is 16.9 Å². The molecule has 4 aromatic rings. The number of nitrogens with zero attached hydrogens (tertiary/aromatic N) is 2. The summed E-state index contributed by atoms with van der Waals surface area (Å²) in [4.78, 5) is 27.8. The molecule has 0 amide bonds. The van der Waals surface area contributed by atoms with Gasteiger partial charge >= 0.3 is 0 Å². The first-order valence-corrected chi connectivity index (χ1v) is 11.2. The number of aromatic amines is 1. The number of para-hydroxylation sites is 1. The maximum absolute atomic E-state index is 12.6. The predicted molar refractivity (Wildman–Crippen MR) is 130 cm³/mol. The number of aryl methyl sites for hydroxylation is 1. The SMILES string of the molecule is Cc1cccc(-c2nn(-c3ccccc3)cc2/C=c2\s/c(=C\C(=O)C(C)(C)C)[nH]c2=O)c1. The van der Waals surface area contributed by atoms with Crippen molar-refractivity contribution in [3.63, 3.8) is 0 Å². The van der Waals surface area contributed by atoms with Crippen molar-refractivity contribution < 1.29 is 4.79 Å². The smallest absolute Gasteiger partial charge is 0.266 e. The molecule has 0 spiro atoms. The van der Waals surface area contributed by atoms with Gasteiger partial charge in [-0.05, 0) is 31.2 Å². The molecule has 0 saturated heterocycles. The number of hydrogen-bond donors (Lipinski definition) is 1. The van der Waals surface area contributed by atoms with Crippen molar-refractivity contribution in [2.75, 3.05) is 0 Å². The monoisotopic (exact) mass is 443 g/mol. The summed E-state index contributed by atoms with van der Waals surface area (Å²) in [6, 6.07) is 18.0. The maximum atomic E-state index is 12.6. The van der Waals surface area contributed by atoms with E-state index in [0.29, 0.717) is 9.20 Å². The van der Waals surface area contributed by atoms with Crippen LogP contribution in [-0.2, 0) is 4.79 Å². The quantitative estimate of drug-likeness (QED) is 0.521. The molecule has 1 N–H and O–H groups in total. The highest BCUT2D eigenvalue weighted by atomic mass is 32.1. The molecular formula is C26H25N3O2S. The van der Waals surface area contributed by atoms with Crippen molar-refractivity contribution in [2.24, 2.45) is 5.41 Å². The van der Waals surface area contributed by atoms with Gasteiger partial charge in [-0.25, -0.2) is 4.68 Å². The van der Waals surface area contributed by atoms with Crippen LogP contribution in [0.15, 0.2) is 65.6 Å². The van der Waals surface area contributed by atoms with Crippen LogP contribution in [0.2, 0.25) is 0 Å². The Balaban J connectivity index is 1.88. The molecule has 4 rings (SSSR count). The second-order valence-electron chi connectivity index (χ2n) is 8.77. The van der Waals surface area contributed by atoms with E-state index >= 15 is 0 Å². The van der Waals surface area contributed by atoms with Crippen LogP contribution in [0, 0.1) is 12.3 Å². The van der Waals surface area contributed by atoms with Crippen molar-refractivity contribution >= 4 is 29.3 Å². The fourth-order valence-corrected chi connectivity index (χ4v) is 4.10. The summed E-state index contributed by atoms with van der Waals surface area (Å²) in [5.74, 6) is -0.0288. The molecule has 2 heterocycles. The molecule has 0 aliphatic heterocycles. The van der Waals surface area contributed by atoms with Gasteiger partial charge in [0.05, 0.1) is 14.9 Å². The molecule has 0 atom stereocenters. The van der Waals surface area contributed by atoms with Crippen LogP contribution < -0.4 is 14.8 Å². The highest BCUT2D eigenvalue weighted by Gasteiger charge is 2.18. The predicted octanol–water partition coefficient (Wildman–Crippen LogP) is 3.82. The average molecular weight is 444 g/mol. The van der Waals surface area contributed by atoms with E-state index in [-0.39, 0.29) is 11.3 Å². The van der Waals surface area contributed by atoms with Crippen LogP contribution in [0.5, 0.6) is 0 Å². The van der Waals surface area contributed by atoms with Crippen molar-refractivity contribution in [3.05, 3.63) is 91.5 Å². The minimum Gasteiger partial charge on any atom is -0.313 e. The average Bonchev–Trinajstić information content (AvgIpc) is 3.32. The molecule has 2 aromatic carbocycles. The molecular weight excluding hydrogens is 418 g/mol. The number of ketones is 1. The fourth-order valence-electron chi connectivity index (χ4n) is 3.22. The van der Waals surface area contributed by atoms with E-state index < -0.39 is 5.41 Å². The van der Waals surface area contributed by atoms with Gasteiger partial charge in [-0.15, -0.1) is 11.3 Å². The number of aromatic nitrogens is 3. The number of benzene rings is 2. The van der Waals surface area contributed by atoms with Crippen molar-refractivity contribution in [2.45, 2.75) is 27.7 Å². The van der Waals surface area contributed by atoms with Gasteiger partial charge in [-0.2, -0.15) is 5.10 Å². The summed E-state index contributed by atoms with van der Waals surface area (Å²) in [6.45, 7) is 7.61. The van der Waals surface area contributed by atoms with E-state index in [1.165, 1.54) is 17.4 Å². The summed E-state index contributed by atoms with van der Waals surface area (Å²) in [5.41, 5.74) is 3.96. The van der Waals surface area contributed by atoms with E-state index in [0.717, 1.165) is 28.1 Å². The molecule has 5 nitrogen and oxygen atoms in total. The zero-order valence-corrected chi connectivity index (χ0v) is 19.4. The maximum Gasteiger partial charge on any atom is 0.266 e. The lowest BCUT2D eigenvalue weighted by Gasteiger charge is -2.12. The third-order valence-corrected chi connectivity index (χ3v) is 5.99. The van der Waals surface area contributed by atoms with Gasteiger partial charge in [-0.3, -0.25) is 9.59 Å². The molecule has 0 saturated carbocycles. The third kappa shape index (κ3) is 4.70. The van der Waals surface area contributed by atoms with E-state index in [9.17, 15) is 9.59 Å². The number of carbonyl (C=O) groups excluding carboxylic acids is 1. The number of nitrogens with one attached hydrogen (secondary N) is 1. The van der Waals surface area contributed by atoms with Crippen LogP contribution in [0.25, 0.3) is 29.1 Å². The third-order valence-electron chi connectivity index (χ3n) is 5.02. The Bertz CT molecular complexity index is 1450. The van der Waals surface area contributed by atoms with Gasteiger partial charge in [0.15, 0.2) is 5.78 Å². The Hall–Kier alpha value is -3.51. The van der Waals surface area contributed by atoms with Gasteiger partial charge in [0, 0.05) is 28.8 Å². The molecule has 0 aliphatic rings. The summed E-state index contributed by atoms with van der Waals surface area (Å²) in [6.07, 6.45) is 5.28. The summed E-state index contributed by atoms with van der Waals surface area (Å²) < 4.78 is 2.90. The lowest BCUT2D eigenvalue weighted by Crippen LogP contribution is -2.22. The number of carbonyl (C=O) groups is 1. The Morgan fingerprint density at radius 3 is 2.53 bits per heavy atom. The minimum atomic E-state index is -0.500. The normalized spacial score (nSPS) is 13.0. The zero-order chi connectivity index (χ0) is 22.9. The van der Waals surface area contributed by atoms with E-state index in [2.05, 4.69) is 11.1 Å². The van der Waals surface area contributed by atoms with Gasteiger partial charge < -0.3 is 4.98 Å². The largest absolute Gasteiger partial charge is 0.313 e. The topological polar surface area (TPSA) is 67.8 Å². The highest BCUT2D eigenvalue weighted by molar-refractivity contribution is 7.07. The molecule has 0 aliphatic carbocycles. The highest BCUT2D eigenvalue weighted by Crippen LogP contribution is 2.25. The van der Waals surface area contributed by atoms with Gasteiger partial charge in [0.1, 0.15) is 5.69 Å². The summed E-state index contributed by atoms with van der Waals surface area (Å²) in [5, 5.41) is 4.82. The molecule has 0 bridgehead atoms. The molecule has 0 fully saturated rings. The number of hydrogen-bond acceptors (Lipinski definition) is 4. The number of rotatable bonds is 4. The first-order valence-electron chi connectivity index (χ1n) is 10.4. The number of thiazole rings is 1. The van der Waals surface area contributed by atoms with Crippen LogP contribution in [0.3, 0.4) is 0 Å². The Labute approximate surface area is 190 Å². The van der Waals surface area contributed by atoms with Gasteiger partial charge in [-0.1, -0.05) is 62.7 Å². The lowest BCUT2D eigenvalue weighted by atomic mass is 9.91. The Morgan fingerprint density at radius 1 is 1.09 bits per heavy atom. The van der Waals surface area contributed by atoms with E-state index in [1.54, 1.807) is 0 Å². The van der Waals surface area contributed by atoms with E-state index in [4.69, 9.17) is 5.10 Å². The first kappa shape index (κ1) is 21.7. The van der Waals surface area contributed by atoms with Gasteiger partial charge in [0.25, 0.3) is 5.56 Å². The van der Waals surface area contributed by atoms with Crippen molar-refractivity contribution in [1.29, 1.82) is 0 Å². The van der Waals surface area contributed by atoms with Crippen LogP contribution in [0.1, 0.15) is 31.9 Å². The molecule has 32 heavy (non-hydrogen) atoms. The van der Waals surface area contributed by atoms with Crippen LogP contribution in [0.4, 0.5) is 0 Å². The van der Waals surface area contributed by atoms with Crippen LogP contribution >= 0.6 is 11.3 Å². The van der Waals surface area contributed by atoms with Crippen LogP contribution in [-0.4, -0.2) is 20.5 Å². The Morgan fingerprint density at radius 2 is 1.84 bits per heavy atom. The second kappa shape index (κ2) is 8.55. The van der Waals surface area contributed by atoms with E-state index in [1.807, 2.05) is 93.2 Å². The van der Waals surface area contributed by atoms with Gasteiger partial charge in [0.2, 0.25) is 0 Å². The summed E-state index contributed by atoms with van der Waals surface area (Å²) in [7, 11) is 0. The molecule has 6 heteroatoms. The standard InChI is InChI=1S/C26H25N3O2S/c1-17-9-8-10-18(13-17)24-19(16-29(28-24)20-11-6-5-7-12-20)14-21-25(31)27-23(32-21)15-22(30)26(2,3)4/h5-16H,1-4H3,(H,27,31)/b21-14-,23-15-.